The molecular weight excluding hydrogens is 478 g/mol. The normalized spacial score (nSPS) is 10.4. The van der Waals surface area contributed by atoms with E-state index in [2.05, 4.69) is 31.9 Å². The monoisotopic (exact) mass is 486 g/mol. The van der Waals surface area contributed by atoms with Gasteiger partial charge in [-0.05, 0) is 56.9 Å². The number of hydrogen-bond donors (Lipinski definition) is 0. The van der Waals surface area contributed by atoms with E-state index in [1.807, 2.05) is 36.4 Å². The number of halogens is 2. The van der Waals surface area contributed by atoms with Gasteiger partial charge < -0.3 is 10.2 Å². The van der Waals surface area contributed by atoms with Gasteiger partial charge in [0.05, 0.1) is 0 Å². The van der Waals surface area contributed by atoms with Crippen molar-refractivity contribution < 1.29 is 69.3 Å². The zero-order valence-corrected chi connectivity index (χ0v) is 21.5. The van der Waals surface area contributed by atoms with Crippen LogP contribution in [0.25, 0.3) is 32.7 Å². The Hall–Kier alpha value is -0.0400. The van der Waals surface area contributed by atoms with Crippen LogP contribution in [0.1, 0.15) is 0 Å². The van der Waals surface area contributed by atoms with Crippen LogP contribution in [0.5, 0.6) is 11.5 Å². The van der Waals surface area contributed by atoms with Crippen molar-refractivity contribution >= 4 is 53.4 Å². The van der Waals surface area contributed by atoms with Crippen LogP contribution in [0.3, 0.4) is 0 Å². The molecule has 118 valence electrons. The Morgan fingerprint density at radius 2 is 0.923 bits per heavy atom. The fourth-order valence-electron chi connectivity index (χ4n) is 3.08. The molecule has 0 bridgehead atoms. The van der Waals surface area contributed by atoms with Gasteiger partial charge >= 0.3 is 59.1 Å². The third kappa shape index (κ3) is 4.03. The van der Waals surface area contributed by atoms with E-state index in [1.54, 1.807) is 12.1 Å². The molecule has 0 aliphatic carbocycles. The molecule has 4 aromatic rings. The Morgan fingerprint density at radius 1 is 0.538 bits per heavy atom. The van der Waals surface area contributed by atoms with E-state index in [0.717, 1.165) is 30.5 Å². The first kappa shape index (κ1) is 22.3. The van der Waals surface area contributed by atoms with Crippen molar-refractivity contribution in [1.82, 2.24) is 0 Å². The van der Waals surface area contributed by atoms with Crippen molar-refractivity contribution in [2.24, 2.45) is 0 Å². The van der Waals surface area contributed by atoms with Crippen molar-refractivity contribution in [3.05, 3.63) is 69.6 Å². The third-order valence-corrected chi connectivity index (χ3v) is 5.12. The van der Waals surface area contributed by atoms with E-state index in [9.17, 15) is 10.2 Å². The van der Waals surface area contributed by atoms with Crippen LogP contribution >= 0.6 is 31.9 Å². The summed E-state index contributed by atoms with van der Waals surface area (Å²) in [6.07, 6.45) is 0. The maximum absolute atomic E-state index is 12.6. The van der Waals surface area contributed by atoms with Crippen molar-refractivity contribution in [3.63, 3.8) is 0 Å². The molecule has 0 heterocycles. The van der Waals surface area contributed by atoms with E-state index in [0.29, 0.717) is 11.1 Å². The van der Waals surface area contributed by atoms with Crippen LogP contribution in [0.2, 0.25) is 0 Å². The van der Waals surface area contributed by atoms with Crippen LogP contribution in [0.15, 0.2) is 69.6 Å². The van der Waals surface area contributed by atoms with E-state index in [1.165, 1.54) is 12.1 Å². The maximum Gasteiger partial charge on any atom is 1.00 e. The largest absolute Gasteiger partial charge is 1.00 e. The minimum atomic E-state index is -0.141. The molecule has 2 nitrogen and oxygen atoms in total. The minimum Gasteiger partial charge on any atom is -0.872 e. The summed E-state index contributed by atoms with van der Waals surface area (Å²) in [5, 5.41) is 28.7. The molecule has 0 aliphatic heterocycles. The molecule has 4 aromatic carbocycles. The zero-order chi connectivity index (χ0) is 16.8. The Bertz CT molecular complexity index is 1020. The molecule has 0 saturated carbocycles. The van der Waals surface area contributed by atoms with Crippen LogP contribution in [0.4, 0.5) is 0 Å². The molecule has 0 atom stereocenters. The summed E-state index contributed by atoms with van der Waals surface area (Å²) in [4.78, 5) is 0. The molecular formula is C20H10Br2Na2O2. The number of rotatable bonds is 1. The van der Waals surface area contributed by atoms with Crippen molar-refractivity contribution in [1.29, 1.82) is 0 Å². The van der Waals surface area contributed by atoms with Crippen LogP contribution in [-0.4, -0.2) is 0 Å². The summed E-state index contributed by atoms with van der Waals surface area (Å²) >= 11 is 6.90. The van der Waals surface area contributed by atoms with Gasteiger partial charge in [-0.3, -0.25) is 0 Å². The molecule has 0 radical (unpaired) electrons. The molecule has 0 unspecified atom stereocenters. The molecule has 0 amide bonds. The third-order valence-electron chi connectivity index (χ3n) is 4.14. The van der Waals surface area contributed by atoms with Gasteiger partial charge in [-0.25, -0.2) is 0 Å². The number of fused-ring (bicyclic) bond motifs is 2. The standard InChI is InChI=1S/C20H12Br2O2.2Na/c21-13-3-5-15-11(9-13)1-7-17(23)19(15)20-16-6-4-14(22)10-12(16)2-8-18(20)24;;/h1-10,23-24H;;/q;2*+1/p-2. The van der Waals surface area contributed by atoms with Gasteiger partial charge in [-0.15, -0.1) is 11.5 Å². The van der Waals surface area contributed by atoms with Gasteiger partial charge in [-0.2, -0.15) is 0 Å². The Kier molecular flexibility index (Phi) is 7.68. The van der Waals surface area contributed by atoms with Crippen molar-refractivity contribution in [2.75, 3.05) is 0 Å². The minimum absolute atomic E-state index is 0. The predicted molar refractivity (Wildman–Crippen MR) is 101 cm³/mol. The molecule has 0 fully saturated rings. The van der Waals surface area contributed by atoms with Gasteiger partial charge in [0.1, 0.15) is 0 Å². The maximum atomic E-state index is 12.6. The van der Waals surface area contributed by atoms with E-state index >= 15 is 0 Å². The fourth-order valence-corrected chi connectivity index (χ4v) is 3.83. The predicted octanol–water partition coefficient (Wildman–Crippen LogP) is -0.660. The van der Waals surface area contributed by atoms with Gasteiger partial charge in [0.2, 0.25) is 0 Å². The summed E-state index contributed by atoms with van der Waals surface area (Å²) in [7, 11) is 0. The van der Waals surface area contributed by atoms with E-state index in [-0.39, 0.29) is 70.6 Å². The quantitative estimate of drug-likeness (QED) is 0.335. The number of benzene rings is 4. The molecule has 0 N–H and O–H groups in total. The van der Waals surface area contributed by atoms with E-state index < -0.39 is 0 Å². The first-order valence-corrected chi connectivity index (χ1v) is 8.92. The first-order valence-electron chi connectivity index (χ1n) is 7.33. The molecule has 6 heteroatoms. The van der Waals surface area contributed by atoms with Crippen molar-refractivity contribution in [2.45, 2.75) is 0 Å². The van der Waals surface area contributed by atoms with Crippen LogP contribution in [-0.2, 0) is 0 Å². The molecule has 0 saturated heterocycles. The van der Waals surface area contributed by atoms with Crippen LogP contribution in [0, 0.1) is 0 Å². The van der Waals surface area contributed by atoms with Crippen LogP contribution < -0.4 is 69.3 Å². The summed E-state index contributed by atoms with van der Waals surface area (Å²) < 4.78 is 1.87. The average Bonchev–Trinajstić information content (AvgIpc) is 2.56. The summed E-state index contributed by atoms with van der Waals surface area (Å²) in [5.74, 6) is -0.283. The second kappa shape index (κ2) is 8.97. The molecule has 26 heavy (non-hydrogen) atoms. The molecule has 0 aliphatic rings. The first-order chi connectivity index (χ1) is 11.5. The Labute approximate surface area is 212 Å². The van der Waals surface area contributed by atoms with Gasteiger partial charge in [0.25, 0.3) is 0 Å². The average molecular weight is 488 g/mol. The second-order valence-corrected chi connectivity index (χ2v) is 7.44. The number of hydrogen-bond acceptors (Lipinski definition) is 2. The summed E-state index contributed by atoms with van der Waals surface area (Å²) in [5.41, 5.74) is 0.941. The SMILES string of the molecule is [Na+].[Na+].[O-]c1ccc2cc(Br)ccc2c1-c1c([O-])ccc2cc(Br)ccc12. The molecule has 0 spiro atoms. The Balaban J connectivity index is 0.00000121. The Morgan fingerprint density at radius 3 is 1.31 bits per heavy atom. The van der Waals surface area contributed by atoms with E-state index in [4.69, 9.17) is 0 Å². The smallest absolute Gasteiger partial charge is 0.872 e. The summed E-state index contributed by atoms with van der Waals surface area (Å²) in [6, 6.07) is 18.1. The molecule has 0 aromatic heterocycles. The van der Waals surface area contributed by atoms with Gasteiger partial charge in [0, 0.05) is 8.95 Å². The van der Waals surface area contributed by atoms with Gasteiger partial charge in [0.15, 0.2) is 0 Å². The fraction of sp³-hybridized carbons (Fsp3) is 0. The second-order valence-electron chi connectivity index (χ2n) is 5.61. The van der Waals surface area contributed by atoms with Crippen molar-refractivity contribution in [3.8, 4) is 22.6 Å². The zero-order valence-electron chi connectivity index (χ0n) is 14.3. The molecule has 4 rings (SSSR count). The van der Waals surface area contributed by atoms with Gasteiger partial charge in [-0.1, -0.05) is 68.3 Å². The summed E-state index contributed by atoms with van der Waals surface area (Å²) in [6.45, 7) is 0. The topological polar surface area (TPSA) is 46.1 Å².